The van der Waals surface area contributed by atoms with Crippen molar-refractivity contribution in [3.63, 3.8) is 0 Å². The molecule has 3 rings (SSSR count). The number of carbonyl (C=O) groups excluding carboxylic acids is 2. The van der Waals surface area contributed by atoms with Gasteiger partial charge in [-0.15, -0.1) is 11.3 Å². The second kappa shape index (κ2) is 11.9. The number of hydrogen-bond donors (Lipinski definition) is 0. The van der Waals surface area contributed by atoms with Crippen molar-refractivity contribution in [3.05, 3.63) is 69.7 Å². The number of aromatic nitrogens is 1. The number of hydrogen-bond acceptors (Lipinski definition) is 6. The van der Waals surface area contributed by atoms with Crippen molar-refractivity contribution in [1.82, 2.24) is 4.98 Å². The van der Waals surface area contributed by atoms with Gasteiger partial charge in [-0.2, -0.15) is 0 Å². The molecule has 34 heavy (non-hydrogen) atoms. The van der Waals surface area contributed by atoms with Gasteiger partial charge >= 0.3 is 5.97 Å². The maximum Gasteiger partial charge on any atom is 0.344 e. The monoisotopic (exact) mass is 479 g/mol. The highest BCUT2D eigenvalue weighted by atomic mass is 32.1. The van der Waals surface area contributed by atoms with Gasteiger partial charge in [-0.3, -0.25) is 4.79 Å². The van der Waals surface area contributed by atoms with Crippen molar-refractivity contribution in [1.29, 1.82) is 0 Å². The number of carbonyl (C=O) groups is 2. The third kappa shape index (κ3) is 6.54. The summed E-state index contributed by atoms with van der Waals surface area (Å²) in [5.74, 6) is 0.557. The third-order valence-corrected chi connectivity index (χ3v) is 6.75. The van der Waals surface area contributed by atoms with E-state index >= 15 is 0 Å². The number of rotatable bonds is 11. The summed E-state index contributed by atoms with van der Waals surface area (Å²) in [5.41, 5.74) is 5.04. The molecular weight excluding hydrogens is 446 g/mol. The van der Waals surface area contributed by atoms with Gasteiger partial charge < -0.3 is 9.47 Å². The number of Topliss-reactive ketones (excluding diaryl/α,β-unsaturated/α-hetero) is 1. The van der Waals surface area contributed by atoms with E-state index in [2.05, 4.69) is 45.0 Å². The molecule has 6 heteroatoms. The van der Waals surface area contributed by atoms with Crippen LogP contribution in [0.25, 0.3) is 10.6 Å². The van der Waals surface area contributed by atoms with E-state index in [1.807, 2.05) is 13.0 Å². The van der Waals surface area contributed by atoms with Gasteiger partial charge in [-0.1, -0.05) is 50.6 Å². The maximum absolute atomic E-state index is 13.1. The zero-order valence-electron chi connectivity index (χ0n) is 20.6. The van der Waals surface area contributed by atoms with E-state index in [-0.39, 0.29) is 12.4 Å². The standard InChI is InChI=1S/C28H33NO4S/c1-6-20-16-22(33-17-26(31)32-7-2)12-13-23(20)24(30)14-15-25-27(18(3)4)29-28(34-25)21-10-8-19(5)9-11-21/h8-13,16,18H,6-7,14-15,17H2,1-5H3. The molecule has 2 aromatic carbocycles. The van der Waals surface area contributed by atoms with Gasteiger partial charge in [-0.25, -0.2) is 9.78 Å². The van der Waals surface area contributed by atoms with Crippen molar-refractivity contribution in [2.24, 2.45) is 0 Å². The number of thiazole rings is 1. The summed E-state index contributed by atoms with van der Waals surface area (Å²) in [6.45, 7) is 10.3. The average molecular weight is 480 g/mol. The van der Waals surface area contributed by atoms with Crippen molar-refractivity contribution in [2.75, 3.05) is 13.2 Å². The maximum atomic E-state index is 13.1. The predicted molar refractivity (Wildman–Crippen MR) is 137 cm³/mol. The quantitative estimate of drug-likeness (QED) is 0.230. The molecule has 0 aliphatic carbocycles. The van der Waals surface area contributed by atoms with Gasteiger partial charge in [0.1, 0.15) is 10.8 Å². The largest absolute Gasteiger partial charge is 0.482 e. The van der Waals surface area contributed by atoms with Crippen LogP contribution in [0.2, 0.25) is 0 Å². The first kappa shape index (κ1) is 25.6. The van der Waals surface area contributed by atoms with Crippen LogP contribution in [0, 0.1) is 6.92 Å². The molecule has 0 bridgehead atoms. The number of nitrogens with zero attached hydrogens (tertiary/aromatic N) is 1. The molecule has 180 valence electrons. The molecule has 0 aliphatic heterocycles. The lowest BCUT2D eigenvalue weighted by molar-refractivity contribution is -0.145. The molecule has 0 N–H and O–H groups in total. The van der Waals surface area contributed by atoms with E-state index in [0.29, 0.717) is 43.1 Å². The van der Waals surface area contributed by atoms with Crippen molar-refractivity contribution in [3.8, 4) is 16.3 Å². The minimum Gasteiger partial charge on any atom is -0.482 e. The fourth-order valence-corrected chi connectivity index (χ4v) is 4.97. The van der Waals surface area contributed by atoms with E-state index in [1.165, 1.54) is 10.4 Å². The number of aryl methyl sites for hydroxylation is 3. The first-order valence-corrected chi connectivity index (χ1v) is 12.6. The van der Waals surface area contributed by atoms with Gasteiger partial charge in [-0.05, 0) is 56.4 Å². The smallest absolute Gasteiger partial charge is 0.344 e. The highest BCUT2D eigenvalue weighted by Crippen LogP contribution is 2.33. The summed E-state index contributed by atoms with van der Waals surface area (Å²) in [4.78, 5) is 30.7. The number of benzene rings is 2. The topological polar surface area (TPSA) is 65.5 Å². The van der Waals surface area contributed by atoms with Crippen molar-refractivity contribution in [2.45, 2.75) is 59.8 Å². The summed E-state index contributed by atoms with van der Waals surface area (Å²) >= 11 is 1.68. The molecule has 0 unspecified atom stereocenters. The van der Waals surface area contributed by atoms with Crippen molar-refractivity contribution < 1.29 is 19.1 Å². The van der Waals surface area contributed by atoms with Crippen LogP contribution in [0.15, 0.2) is 42.5 Å². The summed E-state index contributed by atoms with van der Waals surface area (Å²) in [5, 5.41) is 1.00. The molecular formula is C28H33NO4S. The SMILES string of the molecule is CCOC(=O)COc1ccc(C(=O)CCc2sc(-c3ccc(C)cc3)nc2C(C)C)c(CC)c1. The Labute approximate surface area is 206 Å². The molecule has 1 aromatic heterocycles. The lowest BCUT2D eigenvalue weighted by Crippen LogP contribution is -2.15. The third-order valence-electron chi connectivity index (χ3n) is 5.57. The van der Waals surface area contributed by atoms with Gasteiger partial charge in [0.15, 0.2) is 12.4 Å². The first-order valence-electron chi connectivity index (χ1n) is 11.8. The zero-order valence-corrected chi connectivity index (χ0v) is 21.5. The van der Waals surface area contributed by atoms with Crippen LogP contribution < -0.4 is 4.74 Å². The molecule has 0 spiro atoms. The number of ketones is 1. The Balaban J connectivity index is 1.72. The van der Waals surface area contributed by atoms with Crippen LogP contribution in [0.5, 0.6) is 5.75 Å². The van der Waals surface area contributed by atoms with E-state index in [1.54, 1.807) is 30.4 Å². The Morgan fingerprint density at radius 2 is 1.79 bits per heavy atom. The van der Waals surface area contributed by atoms with Gasteiger partial charge in [0, 0.05) is 22.4 Å². The van der Waals surface area contributed by atoms with E-state index in [4.69, 9.17) is 14.5 Å². The Morgan fingerprint density at radius 3 is 2.44 bits per heavy atom. The van der Waals surface area contributed by atoms with Gasteiger partial charge in [0.25, 0.3) is 0 Å². The molecule has 1 heterocycles. The molecule has 0 amide bonds. The van der Waals surface area contributed by atoms with E-state index < -0.39 is 5.97 Å². The summed E-state index contributed by atoms with van der Waals surface area (Å²) in [7, 11) is 0. The second-order valence-corrected chi connectivity index (χ2v) is 9.62. The fourth-order valence-electron chi connectivity index (χ4n) is 3.74. The Morgan fingerprint density at radius 1 is 1.06 bits per heavy atom. The number of ether oxygens (including phenoxy) is 2. The lowest BCUT2D eigenvalue weighted by Gasteiger charge is -2.11. The Bertz CT molecular complexity index is 1130. The summed E-state index contributed by atoms with van der Waals surface area (Å²) in [6.07, 6.45) is 1.79. The van der Waals surface area contributed by atoms with Crippen molar-refractivity contribution >= 4 is 23.1 Å². The second-order valence-electron chi connectivity index (χ2n) is 8.54. The molecule has 0 fully saturated rings. The molecule has 0 aliphatic rings. The molecule has 0 saturated heterocycles. The molecule has 0 saturated carbocycles. The fraction of sp³-hybridized carbons (Fsp3) is 0.393. The summed E-state index contributed by atoms with van der Waals surface area (Å²) in [6, 6.07) is 13.8. The van der Waals surface area contributed by atoms with Crippen LogP contribution in [-0.2, 0) is 22.4 Å². The molecule has 3 aromatic rings. The van der Waals surface area contributed by atoms with E-state index in [9.17, 15) is 9.59 Å². The van der Waals surface area contributed by atoms with Gasteiger partial charge in [0.05, 0.1) is 12.3 Å². The van der Waals surface area contributed by atoms with Crippen LogP contribution in [0.3, 0.4) is 0 Å². The minimum atomic E-state index is -0.406. The Hall–Kier alpha value is -2.99. The number of esters is 1. The lowest BCUT2D eigenvalue weighted by atomic mass is 9.97. The molecule has 0 radical (unpaired) electrons. The molecule has 0 atom stereocenters. The first-order chi connectivity index (χ1) is 16.3. The van der Waals surface area contributed by atoms with Crippen LogP contribution >= 0.6 is 11.3 Å². The van der Waals surface area contributed by atoms with Crippen LogP contribution in [-0.4, -0.2) is 30.0 Å². The predicted octanol–water partition coefficient (Wildman–Crippen LogP) is 6.56. The van der Waals surface area contributed by atoms with E-state index in [0.717, 1.165) is 21.8 Å². The zero-order chi connectivity index (χ0) is 24.7. The van der Waals surface area contributed by atoms with Gasteiger partial charge in [0.2, 0.25) is 0 Å². The van der Waals surface area contributed by atoms with Crippen LogP contribution in [0.4, 0.5) is 0 Å². The highest BCUT2D eigenvalue weighted by molar-refractivity contribution is 7.15. The van der Waals surface area contributed by atoms with Crippen LogP contribution in [0.1, 0.15) is 72.1 Å². The highest BCUT2D eigenvalue weighted by Gasteiger charge is 2.18. The normalized spacial score (nSPS) is 11.0. The molecule has 5 nitrogen and oxygen atoms in total. The Kier molecular flexibility index (Phi) is 8.99. The average Bonchev–Trinajstić information content (AvgIpc) is 3.26. The minimum absolute atomic E-state index is 0.105. The summed E-state index contributed by atoms with van der Waals surface area (Å²) < 4.78 is 10.4.